The molecule has 1 aromatic carbocycles. The Kier molecular flexibility index (Phi) is 4.50. The van der Waals surface area contributed by atoms with Crippen LogP contribution in [0.4, 0.5) is 0 Å². The van der Waals surface area contributed by atoms with E-state index in [0.717, 1.165) is 5.56 Å². The fraction of sp³-hybridized carbons (Fsp3) is 0.125. The minimum Gasteiger partial charge on any atom is -0.494 e. The number of ether oxygens (including phenoxy) is 1. The van der Waals surface area contributed by atoms with Gasteiger partial charge in [-0.3, -0.25) is 4.98 Å². The van der Waals surface area contributed by atoms with Gasteiger partial charge in [0.25, 0.3) is 0 Å². The van der Waals surface area contributed by atoms with E-state index in [1.807, 2.05) is 13.0 Å². The largest absolute Gasteiger partial charge is 0.494 e. The van der Waals surface area contributed by atoms with E-state index in [0.29, 0.717) is 17.9 Å². The van der Waals surface area contributed by atoms with Gasteiger partial charge < -0.3 is 9.84 Å². The van der Waals surface area contributed by atoms with Crippen molar-refractivity contribution in [2.75, 3.05) is 6.61 Å². The lowest BCUT2D eigenvalue weighted by molar-refractivity contribution is -0.130. The highest BCUT2D eigenvalue weighted by molar-refractivity contribution is 6.20. The molecule has 2 rings (SSSR count). The van der Waals surface area contributed by atoms with Crippen LogP contribution >= 0.6 is 0 Å². The van der Waals surface area contributed by atoms with Crippen molar-refractivity contribution in [1.29, 1.82) is 0 Å². The molecule has 0 aliphatic heterocycles. The van der Waals surface area contributed by atoms with Gasteiger partial charge in [-0.2, -0.15) is 0 Å². The number of carbonyl (C=O) groups is 1. The summed E-state index contributed by atoms with van der Waals surface area (Å²) in [4.78, 5) is 15.4. The lowest BCUT2D eigenvalue weighted by Gasteiger charge is -2.07. The number of benzene rings is 1. The summed E-state index contributed by atoms with van der Waals surface area (Å²) in [5.74, 6) is -0.328. The number of carboxylic acids is 1. The van der Waals surface area contributed by atoms with E-state index in [-0.39, 0.29) is 5.57 Å². The first-order chi connectivity index (χ1) is 9.70. The van der Waals surface area contributed by atoms with E-state index in [9.17, 15) is 9.90 Å². The van der Waals surface area contributed by atoms with Crippen LogP contribution in [-0.4, -0.2) is 22.7 Å². The van der Waals surface area contributed by atoms with Gasteiger partial charge in [-0.05, 0) is 42.3 Å². The maximum Gasteiger partial charge on any atom is 0.336 e. The first-order valence-corrected chi connectivity index (χ1v) is 6.29. The lowest BCUT2D eigenvalue weighted by Crippen LogP contribution is -2.00. The number of nitrogens with zero attached hydrogens (tertiary/aromatic N) is 1. The summed E-state index contributed by atoms with van der Waals surface area (Å²) < 4.78 is 5.39. The fourth-order valence-electron chi connectivity index (χ4n) is 1.82. The number of pyridine rings is 1. The van der Waals surface area contributed by atoms with Crippen molar-refractivity contribution in [3.05, 3.63) is 59.9 Å². The molecule has 0 unspecified atom stereocenters. The second-order valence-corrected chi connectivity index (χ2v) is 4.11. The topological polar surface area (TPSA) is 59.4 Å². The molecule has 0 fully saturated rings. The molecule has 0 amide bonds. The number of rotatable bonds is 5. The molecular formula is C16H15NO3. The Morgan fingerprint density at radius 1 is 1.35 bits per heavy atom. The highest BCUT2D eigenvalue weighted by atomic mass is 16.5. The summed E-state index contributed by atoms with van der Waals surface area (Å²) in [7, 11) is 0. The number of carboxylic acid groups (broad SMARTS) is 1. The van der Waals surface area contributed by atoms with Crippen molar-refractivity contribution in [3.63, 3.8) is 0 Å². The van der Waals surface area contributed by atoms with E-state index in [4.69, 9.17) is 4.74 Å². The Morgan fingerprint density at radius 3 is 2.85 bits per heavy atom. The van der Waals surface area contributed by atoms with Gasteiger partial charge >= 0.3 is 5.97 Å². The maximum absolute atomic E-state index is 11.4. The molecule has 0 aliphatic carbocycles. The summed E-state index contributed by atoms with van der Waals surface area (Å²) in [6.45, 7) is 2.43. The molecule has 0 atom stereocenters. The molecule has 102 valence electrons. The Balaban J connectivity index is 2.41. The van der Waals surface area contributed by atoms with Gasteiger partial charge in [0.2, 0.25) is 0 Å². The molecule has 0 spiro atoms. The van der Waals surface area contributed by atoms with Gasteiger partial charge in [0.15, 0.2) is 0 Å². The van der Waals surface area contributed by atoms with E-state index < -0.39 is 5.97 Å². The monoisotopic (exact) mass is 269 g/mol. The van der Waals surface area contributed by atoms with Crippen molar-refractivity contribution in [2.45, 2.75) is 6.92 Å². The second-order valence-electron chi connectivity index (χ2n) is 4.11. The molecule has 0 bridgehead atoms. The van der Waals surface area contributed by atoms with Crippen molar-refractivity contribution in [3.8, 4) is 5.75 Å². The van der Waals surface area contributed by atoms with Crippen molar-refractivity contribution in [2.24, 2.45) is 0 Å². The van der Waals surface area contributed by atoms with E-state index in [2.05, 4.69) is 4.98 Å². The van der Waals surface area contributed by atoms with Crippen LogP contribution in [0.1, 0.15) is 18.1 Å². The minimum atomic E-state index is -0.984. The average molecular weight is 269 g/mol. The van der Waals surface area contributed by atoms with E-state index >= 15 is 0 Å². The summed E-state index contributed by atoms with van der Waals surface area (Å²) in [6, 6.07) is 10.6. The van der Waals surface area contributed by atoms with Crippen LogP contribution in [0.25, 0.3) is 11.6 Å². The van der Waals surface area contributed by atoms with Gasteiger partial charge in [-0.15, -0.1) is 0 Å². The SMILES string of the molecule is CCOc1cccc(/C(=C/c2cccnc2)C(=O)O)c1. The highest BCUT2D eigenvalue weighted by Gasteiger charge is 2.11. The van der Waals surface area contributed by atoms with Crippen LogP contribution in [0.3, 0.4) is 0 Å². The summed E-state index contributed by atoms with van der Waals surface area (Å²) in [5, 5.41) is 9.38. The smallest absolute Gasteiger partial charge is 0.336 e. The average Bonchev–Trinajstić information content (AvgIpc) is 2.46. The zero-order chi connectivity index (χ0) is 14.4. The second kappa shape index (κ2) is 6.52. The summed E-state index contributed by atoms with van der Waals surface area (Å²) in [6.07, 6.45) is 4.86. The predicted molar refractivity (Wildman–Crippen MR) is 77.4 cm³/mol. The zero-order valence-electron chi connectivity index (χ0n) is 11.1. The maximum atomic E-state index is 11.4. The Labute approximate surface area is 117 Å². The Bertz CT molecular complexity index is 621. The van der Waals surface area contributed by atoms with Crippen LogP contribution in [-0.2, 0) is 4.79 Å². The minimum absolute atomic E-state index is 0.208. The number of hydrogen-bond donors (Lipinski definition) is 1. The molecule has 1 aromatic heterocycles. The van der Waals surface area contributed by atoms with Crippen molar-refractivity contribution < 1.29 is 14.6 Å². The molecule has 1 N–H and O–H groups in total. The first-order valence-electron chi connectivity index (χ1n) is 6.29. The third kappa shape index (κ3) is 3.45. The number of aliphatic carboxylic acids is 1. The van der Waals surface area contributed by atoms with Crippen LogP contribution < -0.4 is 4.74 Å². The van der Waals surface area contributed by atoms with Gasteiger partial charge in [-0.25, -0.2) is 4.79 Å². The third-order valence-electron chi connectivity index (χ3n) is 2.68. The van der Waals surface area contributed by atoms with Crippen LogP contribution in [0, 0.1) is 0 Å². The van der Waals surface area contributed by atoms with E-state index in [1.54, 1.807) is 48.8 Å². The molecule has 4 nitrogen and oxygen atoms in total. The first kappa shape index (κ1) is 13.8. The molecule has 0 radical (unpaired) electrons. The molecule has 0 saturated carbocycles. The molecule has 4 heteroatoms. The normalized spacial score (nSPS) is 11.2. The van der Waals surface area contributed by atoms with Crippen LogP contribution in [0.5, 0.6) is 5.75 Å². The van der Waals surface area contributed by atoms with Crippen LogP contribution in [0.15, 0.2) is 48.8 Å². The number of hydrogen-bond acceptors (Lipinski definition) is 3. The Hall–Kier alpha value is -2.62. The van der Waals surface area contributed by atoms with Gasteiger partial charge in [0, 0.05) is 12.4 Å². The van der Waals surface area contributed by atoms with Crippen LogP contribution in [0.2, 0.25) is 0 Å². The summed E-state index contributed by atoms with van der Waals surface area (Å²) in [5.41, 5.74) is 1.55. The third-order valence-corrected chi connectivity index (χ3v) is 2.68. The molecule has 0 aliphatic rings. The lowest BCUT2D eigenvalue weighted by atomic mass is 10.0. The highest BCUT2D eigenvalue weighted by Crippen LogP contribution is 2.22. The molecule has 0 saturated heterocycles. The molecule has 1 heterocycles. The standard InChI is InChI=1S/C16H15NO3/c1-2-20-14-7-3-6-13(10-14)15(16(18)19)9-12-5-4-8-17-11-12/h3-11H,2H2,1H3,(H,18,19)/b15-9-. The predicted octanol–water partition coefficient (Wildman–Crippen LogP) is 3.11. The van der Waals surface area contributed by atoms with Gasteiger partial charge in [0.05, 0.1) is 12.2 Å². The van der Waals surface area contributed by atoms with Gasteiger partial charge in [0.1, 0.15) is 5.75 Å². The molecule has 2 aromatic rings. The Morgan fingerprint density at radius 2 is 2.20 bits per heavy atom. The van der Waals surface area contributed by atoms with Crippen molar-refractivity contribution >= 4 is 17.6 Å². The molecule has 20 heavy (non-hydrogen) atoms. The quantitative estimate of drug-likeness (QED) is 0.847. The van der Waals surface area contributed by atoms with E-state index in [1.165, 1.54) is 0 Å². The van der Waals surface area contributed by atoms with Gasteiger partial charge in [-0.1, -0.05) is 18.2 Å². The zero-order valence-corrected chi connectivity index (χ0v) is 11.1. The molecular weight excluding hydrogens is 254 g/mol. The van der Waals surface area contributed by atoms with Crippen molar-refractivity contribution in [1.82, 2.24) is 4.98 Å². The summed E-state index contributed by atoms with van der Waals surface area (Å²) >= 11 is 0. The fourth-order valence-corrected chi connectivity index (χ4v) is 1.82. The number of aromatic nitrogens is 1.